The van der Waals surface area contributed by atoms with Crippen molar-refractivity contribution in [1.29, 1.82) is 10.5 Å². The summed E-state index contributed by atoms with van der Waals surface area (Å²) in [6, 6.07) is 8.74. The maximum Gasteiger partial charge on any atom is 0.359 e. The number of carbonyl (C=O) groups excluding carboxylic acids is 1. The van der Waals surface area contributed by atoms with E-state index in [0.717, 1.165) is 5.52 Å². The highest BCUT2D eigenvalue weighted by Gasteiger charge is 2.16. The number of methoxy groups -OCH3 is 1. The molecule has 2 aromatic rings. The molecule has 0 amide bonds. The zero-order chi connectivity index (χ0) is 15.4. The predicted octanol–water partition coefficient (Wildman–Crippen LogP) is 1.70. The number of nitrogens with zero attached hydrogens (tertiary/aromatic N) is 4. The van der Waals surface area contributed by atoms with E-state index >= 15 is 0 Å². The third kappa shape index (κ3) is 2.67. The largest absolute Gasteiger partial charge is 0.464 e. The first-order valence-corrected chi connectivity index (χ1v) is 5.92. The lowest BCUT2D eigenvalue weighted by Gasteiger charge is -2.01. The van der Waals surface area contributed by atoms with Gasteiger partial charge in [-0.05, 0) is 18.2 Å². The minimum atomic E-state index is -0.525. The van der Waals surface area contributed by atoms with Crippen molar-refractivity contribution in [3.63, 3.8) is 0 Å². The number of anilines is 1. The summed E-state index contributed by atoms with van der Waals surface area (Å²) in [5.41, 5.74) is 1.56. The van der Waals surface area contributed by atoms with Gasteiger partial charge in [0.05, 0.1) is 12.6 Å². The van der Waals surface area contributed by atoms with Crippen LogP contribution in [-0.2, 0) is 11.8 Å². The van der Waals surface area contributed by atoms with Gasteiger partial charge in [-0.2, -0.15) is 15.6 Å². The molecule has 0 unspecified atom stereocenters. The third-order valence-corrected chi connectivity index (χ3v) is 2.85. The molecule has 0 radical (unpaired) electrons. The van der Waals surface area contributed by atoms with Crippen LogP contribution in [0.25, 0.3) is 10.9 Å². The Kier molecular flexibility index (Phi) is 3.87. The SMILES string of the molecule is COC(=O)c1nn(C)c2ccc(NC=C(C#N)C#N)cc12. The van der Waals surface area contributed by atoms with Gasteiger partial charge in [-0.15, -0.1) is 0 Å². The Balaban J connectivity index is 2.46. The van der Waals surface area contributed by atoms with Gasteiger partial charge in [0.25, 0.3) is 0 Å². The van der Waals surface area contributed by atoms with E-state index in [1.165, 1.54) is 13.3 Å². The first-order chi connectivity index (χ1) is 10.1. The van der Waals surface area contributed by atoms with Crippen molar-refractivity contribution in [2.75, 3.05) is 12.4 Å². The van der Waals surface area contributed by atoms with Crippen LogP contribution in [0.1, 0.15) is 10.5 Å². The molecule has 21 heavy (non-hydrogen) atoms. The summed E-state index contributed by atoms with van der Waals surface area (Å²) in [5, 5.41) is 24.9. The Morgan fingerprint density at radius 2 is 2.14 bits per heavy atom. The molecule has 0 bridgehead atoms. The van der Waals surface area contributed by atoms with Crippen LogP contribution < -0.4 is 5.32 Å². The van der Waals surface area contributed by atoms with Crippen molar-refractivity contribution in [2.45, 2.75) is 0 Å². The Bertz CT molecular complexity index is 804. The van der Waals surface area contributed by atoms with Crippen molar-refractivity contribution in [3.05, 3.63) is 35.7 Å². The number of hydrogen-bond donors (Lipinski definition) is 1. The third-order valence-electron chi connectivity index (χ3n) is 2.85. The van der Waals surface area contributed by atoms with Crippen molar-refractivity contribution >= 4 is 22.6 Å². The molecule has 7 heteroatoms. The number of ether oxygens (including phenoxy) is 1. The standard InChI is InChI=1S/C14H11N5O2/c1-19-12-4-3-10(17-8-9(6-15)7-16)5-11(12)13(18-19)14(20)21-2/h3-5,8,17H,1-2H3. The molecule has 2 rings (SSSR count). The van der Waals surface area contributed by atoms with Gasteiger partial charge in [0.2, 0.25) is 0 Å². The van der Waals surface area contributed by atoms with Crippen LogP contribution in [0.4, 0.5) is 5.69 Å². The number of nitriles is 2. The van der Waals surface area contributed by atoms with Crippen LogP contribution in [0.5, 0.6) is 0 Å². The lowest BCUT2D eigenvalue weighted by Crippen LogP contribution is -2.03. The molecule has 0 aliphatic carbocycles. The predicted molar refractivity (Wildman–Crippen MR) is 75.0 cm³/mol. The Hall–Kier alpha value is -3.32. The first kappa shape index (κ1) is 14.1. The Labute approximate surface area is 120 Å². The zero-order valence-corrected chi connectivity index (χ0v) is 11.4. The van der Waals surface area contributed by atoms with Crippen LogP contribution >= 0.6 is 0 Å². The number of aromatic nitrogens is 2. The van der Waals surface area contributed by atoms with Crippen molar-refractivity contribution in [1.82, 2.24) is 9.78 Å². The lowest BCUT2D eigenvalue weighted by atomic mass is 10.2. The molecule has 1 aromatic heterocycles. The number of rotatable bonds is 3. The summed E-state index contributed by atoms with van der Waals surface area (Å²) >= 11 is 0. The summed E-state index contributed by atoms with van der Waals surface area (Å²) in [5.74, 6) is -0.525. The summed E-state index contributed by atoms with van der Waals surface area (Å²) in [7, 11) is 3.02. The van der Waals surface area contributed by atoms with E-state index in [1.807, 2.05) is 0 Å². The van der Waals surface area contributed by atoms with Gasteiger partial charge in [-0.3, -0.25) is 4.68 Å². The molecule has 0 fully saturated rings. The summed E-state index contributed by atoms with van der Waals surface area (Å²) in [4.78, 5) is 11.7. The van der Waals surface area contributed by atoms with Crippen molar-refractivity contribution in [3.8, 4) is 12.1 Å². The van der Waals surface area contributed by atoms with E-state index in [9.17, 15) is 4.79 Å². The second-order valence-electron chi connectivity index (χ2n) is 4.12. The highest BCUT2D eigenvalue weighted by Crippen LogP contribution is 2.23. The average molecular weight is 281 g/mol. The van der Waals surface area contributed by atoms with Crippen LogP contribution in [0.15, 0.2) is 30.0 Å². The van der Waals surface area contributed by atoms with Crippen LogP contribution in [0.2, 0.25) is 0 Å². The molecular weight excluding hydrogens is 270 g/mol. The molecule has 0 saturated heterocycles. The molecule has 0 aliphatic rings. The van der Waals surface area contributed by atoms with Gasteiger partial charge >= 0.3 is 5.97 Å². The smallest absolute Gasteiger partial charge is 0.359 e. The van der Waals surface area contributed by atoms with E-state index in [2.05, 4.69) is 10.4 Å². The monoisotopic (exact) mass is 281 g/mol. The molecule has 0 aliphatic heterocycles. The minimum Gasteiger partial charge on any atom is -0.464 e. The molecule has 1 heterocycles. The van der Waals surface area contributed by atoms with E-state index in [-0.39, 0.29) is 11.3 Å². The minimum absolute atomic E-state index is 0.0468. The molecular formula is C14H11N5O2. The molecule has 0 saturated carbocycles. The molecule has 7 nitrogen and oxygen atoms in total. The van der Waals surface area contributed by atoms with E-state index in [1.54, 1.807) is 42.1 Å². The highest BCUT2D eigenvalue weighted by atomic mass is 16.5. The average Bonchev–Trinajstić information content (AvgIpc) is 2.84. The lowest BCUT2D eigenvalue weighted by molar-refractivity contribution is 0.0595. The molecule has 104 valence electrons. The van der Waals surface area contributed by atoms with Crippen LogP contribution in [-0.4, -0.2) is 22.9 Å². The Morgan fingerprint density at radius 1 is 1.43 bits per heavy atom. The van der Waals surface area contributed by atoms with Gasteiger partial charge < -0.3 is 10.1 Å². The zero-order valence-electron chi connectivity index (χ0n) is 11.4. The number of aryl methyl sites for hydroxylation is 1. The molecule has 0 atom stereocenters. The highest BCUT2D eigenvalue weighted by molar-refractivity contribution is 6.03. The summed E-state index contributed by atoms with van der Waals surface area (Å²) in [6.07, 6.45) is 1.30. The number of benzene rings is 1. The topological polar surface area (TPSA) is 104 Å². The number of esters is 1. The number of nitrogens with one attached hydrogen (secondary N) is 1. The van der Waals surface area contributed by atoms with Gasteiger partial charge in [-0.1, -0.05) is 0 Å². The van der Waals surface area contributed by atoms with Crippen LogP contribution in [0, 0.1) is 22.7 Å². The second-order valence-corrected chi connectivity index (χ2v) is 4.12. The fourth-order valence-corrected chi connectivity index (χ4v) is 1.85. The maximum atomic E-state index is 11.7. The maximum absolute atomic E-state index is 11.7. The number of carbonyl (C=O) groups is 1. The fourth-order valence-electron chi connectivity index (χ4n) is 1.85. The van der Waals surface area contributed by atoms with Crippen LogP contribution in [0.3, 0.4) is 0 Å². The second kappa shape index (κ2) is 5.76. The summed E-state index contributed by atoms with van der Waals surface area (Å²) < 4.78 is 6.28. The van der Waals surface area contributed by atoms with Crippen molar-refractivity contribution < 1.29 is 9.53 Å². The summed E-state index contributed by atoms with van der Waals surface area (Å²) in [6.45, 7) is 0. The molecule has 1 N–H and O–H groups in total. The quantitative estimate of drug-likeness (QED) is 0.678. The molecule has 1 aromatic carbocycles. The number of allylic oxidation sites excluding steroid dienone is 1. The van der Waals surface area contributed by atoms with Gasteiger partial charge in [0, 0.05) is 24.3 Å². The van der Waals surface area contributed by atoms with E-state index < -0.39 is 5.97 Å². The number of hydrogen-bond acceptors (Lipinski definition) is 6. The van der Waals surface area contributed by atoms with Gasteiger partial charge in [0.15, 0.2) is 5.69 Å². The first-order valence-electron chi connectivity index (χ1n) is 5.92. The fraction of sp³-hybridized carbons (Fsp3) is 0.143. The number of fused-ring (bicyclic) bond motifs is 1. The van der Waals surface area contributed by atoms with Gasteiger partial charge in [0.1, 0.15) is 17.7 Å². The van der Waals surface area contributed by atoms with Crippen molar-refractivity contribution in [2.24, 2.45) is 7.05 Å². The van der Waals surface area contributed by atoms with E-state index in [0.29, 0.717) is 11.1 Å². The van der Waals surface area contributed by atoms with Gasteiger partial charge in [-0.25, -0.2) is 4.79 Å². The molecule has 0 spiro atoms. The normalized spacial score (nSPS) is 9.52. The van der Waals surface area contributed by atoms with E-state index in [4.69, 9.17) is 15.3 Å². The Morgan fingerprint density at radius 3 is 2.76 bits per heavy atom.